The van der Waals surface area contributed by atoms with Crippen LogP contribution in [0.25, 0.3) is 0 Å². The fourth-order valence-corrected chi connectivity index (χ4v) is 3.00. The van der Waals surface area contributed by atoms with Gasteiger partial charge in [0.15, 0.2) is 0 Å². The molecule has 2 fully saturated rings. The third-order valence-electron chi connectivity index (χ3n) is 3.98. The quantitative estimate of drug-likeness (QED) is 0.788. The van der Waals surface area contributed by atoms with E-state index in [9.17, 15) is 0 Å². The van der Waals surface area contributed by atoms with Crippen molar-refractivity contribution in [3.8, 4) is 0 Å². The van der Waals surface area contributed by atoms with Crippen LogP contribution in [0.3, 0.4) is 0 Å². The van der Waals surface area contributed by atoms with Gasteiger partial charge in [-0.25, -0.2) is 0 Å². The van der Waals surface area contributed by atoms with Gasteiger partial charge in [0.2, 0.25) is 0 Å². The zero-order chi connectivity index (χ0) is 11.2. The molecular weight excluding hydrogens is 200 g/mol. The first kappa shape index (κ1) is 12.3. The number of nitrogens with zero attached hydrogens (tertiary/aromatic N) is 1. The monoisotopic (exact) mass is 226 g/mol. The van der Waals surface area contributed by atoms with Crippen LogP contribution in [-0.2, 0) is 4.74 Å². The summed E-state index contributed by atoms with van der Waals surface area (Å²) in [4.78, 5) is 2.68. The number of morpholine rings is 1. The van der Waals surface area contributed by atoms with Gasteiger partial charge >= 0.3 is 0 Å². The van der Waals surface area contributed by atoms with Gasteiger partial charge in [-0.2, -0.15) is 0 Å². The van der Waals surface area contributed by atoms with Crippen LogP contribution in [-0.4, -0.2) is 50.3 Å². The van der Waals surface area contributed by atoms with E-state index >= 15 is 0 Å². The molecule has 94 valence electrons. The first-order chi connectivity index (χ1) is 7.90. The summed E-state index contributed by atoms with van der Waals surface area (Å²) in [6, 6.07) is 0.856. The van der Waals surface area contributed by atoms with Crippen LogP contribution in [0, 0.1) is 0 Å². The van der Waals surface area contributed by atoms with Crippen molar-refractivity contribution in [1.29, 1.82) is 0 Å². The normalized spacial score (nSPS) is 29.4. The van der Waals surface area contributed by atoms with Crippen LogP contribution in [0.4, 0.5) is 0 Å². The van der Waals surface area contributed by atoms with E-state index in [1.807, 2.05) is 7.05 Å². The minimum Gasteiger partial charge on any atom is -0.376 e. The lowest BCUT2D eigenvalue weighted by molar-refractivity contribution is -0.0506. The van der Waals surface area contributed by atoms with E-state index in [4.69, 9.17) is 4.74 Å². The number of nitrogens with one attached hydrogen (secondary N) is 1. The van der Waals surface area contributed by atoms with Gasteiger partial charge in [0, 0.05) is 19.1 Å². The third-order valence-corrected chi connectivity index (χ3v) is 3.98. The first-order valence-electron chi connectivity index (χ1n) is 6.90. The van der Waals surface area contributed by atoms with E-state index in [0.717, 1.165) is 38.7 Å². The van der Waals surface area contributed by atoms with Crippen LogP contribution in [0.2, 0.25) is 0 Å². The Hall–Kier alpha value is -0.120. The average Bonchev–Trinajstić information content (AvgIpc) is 2.38. The van der Waals surface area contributed by atoms with Crippen molar-refractivity contribution in [2.24, 2.45) is 0 Å². The SMILES string of the molecule is CNCCC1CN(C2CCCCC2)CCO1. The smallest absolute Gasteiger partial charge is 0.0714 e. The van der Waals surface area contributed by atoms with Gasteiger partial charge in [0.1, 0.15) is 0 Å². The Morgan fingerprint density at radius 3 is 2.81 bits per heavy atom. The molecule has 2 aliphatic rings. The minimum absolute atomic E-state index is 0.461. The van der Waals surface area contributed by atoms with Crippen molar-refractivity contribution in [3.05, 3.63) is 0 Å². The fraction of sp³-hybridized carbons (Fsp3) is 1.00. The number of ether oxygens (including phenoxy) is 1. The molecule has 0 bridgehead atoms. The molecule has 1 unspecified atom stereocenters. The Kier molecular flexibility index (Phi) is 5.07. The molecule has 0 radical (unpaired) electrons. The second-order valence-electron chi connectivity index (χ2n) is 5.17. The highest BCUT2D eigenvalue weighted by molar-refractivity contribution is 4.80. The maximum absolute atomic E-state index is 5.82. The molecule has 1 aliphatic heterocycles. The topological polar surface area (TPSA) is 24.5 Å². The molecule has 0 aromatic carbocycles. The van der Waals surface area contributed by atoms with Gasteiger partial charge in [0.25, 0.3) is 0 Å². The first-order valence-corrected chi connectivity index (χ1v) is 6.90. The summed E-state index contributed by atoms with van der Waals surface area (Å²) in [6.07, 6.45) is 8.76. The molecule has 0 spiro atoms. The Bertz CT molecular complexity index is 192. The van der Waals surface area contributed by atoms with E-state index in [-0.39, 0.29) is 0 Å². The van der Waals surface area contributed by atoms with E-state index in [0.29, 0.717) is 6.10 Å². The molecule has 1 atom stereocenters. The predicted molar refractivity (Wildman–Crippen MR) is 66.7 cm³/mol. The molecule has 3 nitrogen and oxygen atoms in total. The Balaban J connectivity index is 1.76. The second-order valence-corrected chi connectivity index (χ2v) is 5.17. The Morgan fingerprint density at radius 2 is 2.06 bits per heavy atom. The standard InChI is InChI=1S/C13H26N2O/c1-14-8-7-13-11-15(9-10-16-13)12-5-3-2-4-6-12/h12-14H,2-11H2,1H3. The molecule has 1 saturated carbocycles. The van der Waals surface area contributed by atoms with Crippen molar-refractivity contribution in [2.45, 2.75) is 50.7 Å². The van der Waals surface area contributed by atoms with Gasteiger partial charge in [0.05, 0.1) is 12.7 Å². The number of hydrogen-bond donors (Lipinski definition) is 1. The summed E-state index contributed by atoms with van der Waals surface area (Å²) in [5.74, 6) is 0. The summed E-state index contributed by atoms with van der Waals surface area (Å²) in [6.45, 7) is 4.32. The van der Waals surface area contributed by atoms with E-state index in [1.54, 1.807) is 0 Å². The van der Waals surface area contributed by atoms with Gasteiger partial charge in [-0.05, 0) is 32.9 Å². The average molecular weight is 226 g/mol. The predicted octanol–water partition coefficient (Wildman–Crippen LogP) is 1.63. The molecule has 0 aromatic heterocycles. The summed E-state index contributed by atoms with van der Waals surface area (Å²) in [5, 5.41) is 3.21. The van der Waals surface area contributed by atoms with Crippen LogP contribution in [0.5, 0.6) is 0 Å². The van der Waals surface area contributed by atoms with Gasteiger partial charge < -0.3 is 10.1 Å². The lowest BCUT2D eigenvalue weighted by Gasteiger charge is -2.40. The summed E-state index contributed by atoms with van der Waals surface area (Å²) < 4.78 is 5.82. The van der Waals surface area contributed by atoms with Crippen LogP contribution >= 0.6 is 0 Å². The van der Waals surface area contributed by atoms with Crippen LogP contribution < -0.4 is 5.32 Å². The Labute approximate surface area is 99.5 Å². The lowest BCUT2D eigenvalue weighted by Crippen LogP contribution is -2.48. The van der Waals surface area contributed by atoms with Crippen molar-refractivity contribution in [3.63, 3.8) is 0 Å². The summed E-state index contributed by atoms with van der Waals surface area (Å²) in [5.41, 5.74) is 0. The van der Waals surface area contributed by atoms with Crippen LogP contribution in [0.15, 0.2) is 0 Å². The van der Waals surface area contributed by atoms with E-state index < -0.39 is 0 Å². The van der Waals surface area contributed by atoms with Gasteiger partial charge in [-0.15, -0.1) is 0 Å². The van der Waals surface area contributed by atoms with Crippen molar-refractivity contribution >= 4 is 0 Å². The highest BCUT2D eigenvalue weighted by Crippen LogP contribution is 2.24. The molecule has 3 heteroatoms. The molecule has 1 heterocycles. The van der Waals surface area contributed by atoms with E-state index in [1.165, 1.54) is 32.1 Å². The Morgan fingerprint density at radius 1 is 1.25 bits per heavy atom. The molecule has 0 aromatic rings. The van der Waals surface area contributed by atoms with Crippen molar-refractivity contribution < 1.29 is 4.74 Å². The van der Waals surface area contributed by atoms with Crippen molar-refractivity contribution in [1.82, 2.24) is 10.2 Å². The number of hydrogen-bond acceptors (Lipinski definition) is 3. The fourth-order valence-electron chi connectivity index (χ4n) is 3.00. The maximum atomic E-state index is 5.82. The third kappa shape index (κ3) is 3.44. The maximum Gasteiger partial charge on any atom is 0.0714 e. The molecule has 1 N–H and O–H groups in total. The zero-order valence-corrected chi connectivity index (χ0v) is 10.6. The summed E-state index contributed by atoms with van der Waals surface area (Å²) in [7, 11) is 2.02. The molecular formula is C13H26N2O. The second kappa shape index (κ2) is 6.58. The van der Waals surface area contributed by atoms with Crippen molar-refractivity contribution in [2.75, 3.05) is 33.3 Å². The molecule has 0 amide bonds. The largest absolute Gasteiger partial charge is 0.376 e. The number of rotatable bonds is 4. The van der Waals surface area contributed by atoms with Gasteiger partial charge in [-0.3, -0.25) is 4.90 Å². The highest BCUT2D eigenvalue weighted by Gasteiger charge is 2.26. The molecule has 16 heavy (non-hydrogen) atoms. The molecule has 1 aliphatic carbocycles. The van der Waals surface area contributed by atoms with E-state index in [2.05, 4.69) is 10.2 Å². The molecule has 1 saturated heterocycles. The summed E-state index contributed by atoms with van der Waals surface area (Å²) >= 11 is 0. The highest BCUT2D eigenvalue weighted by atomic mass is 16.5. The van der Waals surface area contributed by atoms with Crippen LogP contribution in [0.1, 0.15) is 38.5 Å². The minimum atomic E-state index is 0.461. The lowest BCUT2D eigenvalue weighted by atomic mass is 9.93. The molecule has 2 rings (SSSR count). The van der Waals surface area contributed by atoms with Gasteiger partial charge in [-0.1, -0.05) is 19.3 Å². The zero-order valence-electron chi connectivity index (χ0n) is 10.6.